The smallest absolute Gasteiger partial charge is 1.00 e. The summed E-state index contributed by atoms with van der Waals surface area (Å²) in [6.07, 6.45) is 0. The predicted molar refractivity (Wildman–Crippen MR) is 10.3 cm³/mol. The van der Waals surface area contributed by atoms with Crippen LogP contribution in [-0.4, -0.2) is 0 Å². The van der Waals surface area contributed by atoms with Crippen LogP contribution in [0.2, 0.25) is 0 Å². The molecule has 3 nitrogen and oxygen atoms in total. The molecule has 0 rings (SSSR count). The van der Waals surface area contributed by atoms with Crippen molar-refractivity contribution >= 4 is 0 Å². The van der Waals surface area contributed by atoms with Crippen molar-refractivity contribution in [2.24, 2.45) is 5.34 Å². The van der Waals surface area contributed by atoms with E-state index in [1.807, 2.05) is 0 Å². The summed E-state index contributed by atoms with van der Waals surface area (Å²) in [7, 11) is 0. The van der Waals surface area contributed by atoms with Crippen LogP contribution in [-0.2, 0) is 0 Å². The fourth-order valence-electron chi connectivity index (χ4n) is 0. The molecule has 0 saturated heterocycles. The van der Waals surface area contributed by atoms with E-state index in [1.54, 1.807) is 0 Å². The second-order valence-electron chi connectivity index (χ2n) is 0.0745. The standard InChI is InChI=1S/HNO2.2Na.H/c2-1-3;;;/h(H,2,3);;;/q;2*+1;-1/p-1. The molecule has 0 aromatic heterocycles. The van der Waals surface area contributed by atoms with Crippen molar-refractivity contribution in [2.75, 3.05) is 0 Å². The van der Waals surface area contributed by atoms with Gasteiger partial charge in [0.05, 0.1) is 0 Å². The van der Waals surface area contributed by atoms with Gasteiger partial charge < -0.3 is 11.5 Å². The minimum Gasteiger partial charge on any atom is -1.00 e. The summed E-state index contributed by atoms with van der Waals surface area (Å²) in [5.41, 5.74) is 0. The summed E-state index contributed by atoms with van der Waals surface area (Å²) in [5, 5.41) is 9.00. The summed E-state index contributed by atoms with van der Waals surface area (Å²) in [4.78, 5) is 8.00. The van der Waals surface area contributed by atoms with Crippen molar-refractivity contribution in [1.29, 1.82) is 0 Å². The molecule has 0 fully saturated rings. The van der Waals surface area contributed by atoms with Gasteiger partial charge in [-0.1, -0.05) is 0 Å². The third-order valence-electron chi connectivity index (χ3n) is 0. The first-order chi connectivity index (χ1) is 1.41. The number of nitrogens with zero attached hydrogens (tertiary/aromatic N) is 1. The van der Waals surface area contributed by atoms with Crippen molar-refractivity contribution < 1.29 is 60.5 Å². The van der Waals surface area contributed by atoms with Crippen molar-refractivity contribution in [1.82, 2.24) is 0 Å². The second-order valence-corrected chi connectivity index (χ2v) is 0.0745. The van der Waals surface area contributed by atoms with E-state index in [-0.39, 0.29) is 60.5 Å². The van der Waals surface area contributed by atoms with Gasteiger partial charge in [-0.05, 0) is 0 Å². The van der Waals surface area contributed by atoms with E-state index in [0.717, 1.165) is 5.34 Å². The molecule has 5 heavy (non-hydrogen) atoms. The molecule has 0 unspecified atom stereocenters. The first-order valence-electron chi connectivity index (χ1n) is 0.365. The van der Waals surface area contributed by atoms with Gasteiger partial charge in [-0.2, -0.15) is 0 Å². The van der Waals surface area contributed by atoms with Crippen LogP contribution in [0.15, 0.2) is 5.34 Å². The molecule has 0 aliphatic carbocycles. The van der Waals surface area contributed by atoms with Crippen molar-refractivity contribution in [2.45, 2.75) is 0 Å². The molecular weight excluding hydrogens is 92.0 g/mol. The molecule has 0 saturated carbocycles. The van der Waals surface area contributed by atoms with Crippen LogP contribution >= 0.6 is 0 Å². The monoisotopic (exact) mass is 93.0 g/mol. The van der Waals surface area contributed by atoms with Crippen LogP contribution in [0.1, 0.15) is 1.43 Å². The van der Waals surface area contributed by atoms with Crippen LogP contribution < -0.4 is 59.1 Å². The molecule has 0 bridgehead atoms. The third-order valence-corrected chi connectivity index (χ3v) is 0. The van der Waals surface area contributed by atoms with E-state index >= 15 is 0 Å². The molecule has 5 heteroatoms. The zero-order chi connectivity index (χ0) is 2.71. The maximum absolute atomic E-state index is 8.00. The summed E-state index contributed by atoms with van der Waals surface area (Å²) in [5.74, 6) is 0. The SMILES string of the molecule is O=N[O-].[H-].[Na+].[Na+]. The predicted octanol–water partition coefficient (Wildman–Crippen LogP) is -5.63. The molecule has 0 aromatic rings. The summed E-state index contributed by atoms with van der Waals surface area (Å²) < 4.78 is 0. The fraction of sp³-hybridized carbons (Fsp3) is 0. The fourth-order valence-corrected chi connectivity index (χ4v) is 0. The van der Waals surface area contributed by atoms with E-state index in [0.29, 0.717) is 0 Å². The third kappa shape index (κ3) is 31.8. The molecule has 0 heterocycles. The van der Waals surface area contributed by atoms with Crippen molar-refractivity contribution in [3.8, 4) is 0 Å². The molecular formula is HNNa2O2. The summed E-state index contributed by atoms with van der Waals surface area (Å²) in [6, 6.07) is 0. The Morgan fingerprint density at radius 3 is 1.60 bits per heavy atom. The van der Waals surface area contributed by atoms with Gasteiger partial charge in [0.25, 0.3) is 0 Å². The van der Waals surface area contributed by atoms with Gasteiger partial charge in [-0.25, -0.2) is 0 Å². The van der Waals surface area contributed by atoms with E-state index in [2.05, 4.69) is 0 Å². The Hall–Kier alpha value is 1.40. The average Bonchev–Trinajstić information content (AvgIpc) is 0.918. The van der Waals surface area contributed by atoms with Crippen LogP contribution in [0.5, 0.6) is 0 Å². The Bertz CT molecular complexity index is 19.0. The van der Waals surface area contributed by atoms with E-state index in [4.69, 9.17) is 10.1 Å². The molecule has 0 amide bonds. The largest absolute Gasteiger partial charge is 1.00 e. The number of hydrogen-bond donors (Lipinski definition) is 0. The summed E-state index contributed by atoms with van der Waals surface area (Å²) in [6.45, 7) is 0. The Balaban J connectivity index is -0.00000000667. The second kappa shape index (κ2) is 18.2. The average molecular weight is 93.0 g/mol. The molecule has 0 spiro atoms. The maximum atomic E-state index is 8.00. The first-order valence-corrected chi connectivity index (χ1v) is 0.365. The zero-order valence-corrected chi connectivity index (χ0v) is 7.26. The van der Waals surface area contributed by atoms with Gasteiger partial charge in [0.2, 0.25) is 0 Å². The van der Waals surface area contributed by atoms with E-state index in [1.165, 1.54) is 0 Å². The van der Waals surface area contributed by atoms with Crippen LogP contribution in [0, 0.1) is 10.1 Å². The molecule has 0 aromatic carbocycles. The first kappa shape index (κ1) is 16.1. The minimum absolute atomic E-state index is 0. The van der Waals surface area contributed by atoms with Crippen LogP contribution in [0.25, 0.3) is 0 Å². The Kier molecular flexibility index (Phi) is 58.6. The molecule has 20 valence electrons. The van der Waals surface area contributed by atoms with E-state index in [9.17, 15) is 0 Å². The van der Waals surface area contributed by atoms with Crippen molar-refractivity contribution in [3.63, 3.8) is 0 Å². The van der Waals surface area contributed by atoms with Crippen LogP contribution in [0.4, 0.5) is 0 Å². The Morgan fingerprint density at radius 2 is 1.60 bits per heavy atom. The molecule has 0 atom stereocenters. The maximum Gasteiger partial charge on any atom is 1.00 e. The molecule has 0 N–H and O–H groups in total. The van der Waals surface area contributed by atoms with E-state index < -0.39 is 0 Å². The van der Waals surface area contributed by atoms with Gasteiger partial charge in [0.15, 0.2) is 0 Å². The quantitative estimate of drug-likeness (QED) is 0.170. The topological polar surface area (TPSA) is 52.5 Å². The zero-order valence-electron chi connectivity index (χ0n) is 4.26. The number of rotatable bonds is 0. The van der Waals surface area contributed by atoms with Crippen molar-refractivity contribution in [3.05, 3.63) is 10.1 Å². The normalized spacial score (nSPS) is 2.40. The summed E-state index contributed by atoms with van der Waals surface area (Å²) >= 11 is 0. The van der Waals surface area contributed by atoms with Gasteiger partial charge >= 0.3 is 59.1 Å². The molecule has 0 aliphatic rings. The Labute approximate surface area is 75.1 Å². The van der Waals surface area contributed by atoms with Gasteiger partial charge in [-0.15, -0.1) is 5.34 Å². The van der Waals surface area contributed by atoms with Gasteiger partial charge in [0, 0.05) is 0 Å². The molecule has 0 aliphatic heterocycles. The van der Waals surface area contributed by atoms with Crippen LogP contribution in [0.3, 0.4) is 0 Å². The molecule has 0 radical (unpaired) electrons. The minimum atomic E-state index is 0. The van der Waals surface area contributed by atoms with Gasteiger partial charge in [-0.3, -0.25) is 0 Å². The van der Waals surface area contributed by atoms with Gasteiger partial charge in [0.1, 0.15) is 0 Å². The number of hydrogen-bond acceptors (Lipinski definition) is 3. The Morgan fingerprint density at radius 1 is 1.60 bits per heavy atom.